The molecule has 19 heavy (non-hydrogen) atoms. The fourth-order valence-electron chi connectivity index (χ4n) is 3.52. The minimum absolute atomic E-state index is 0.359. The fraction of sp³-hybridized carbons (Fsp3) is 0.688. The van der Waals surface area contributed by atoms with Crippen LogP contribution in [0.5, 0.6) is 0 Å². The van der Waals surface area contributed by atoms with Gasteiger partial charge in [0.1, 0.15) is 0 Å². The minimum atomic E-state index is 0.359. The Bertz CT molecular complexity index is 432. The van der Waals surface area contributed by atoms with Crippen molar-refractivity contribution in [2.24, 2.45) is 5.92 Å². The molecule has 2 heterocycles. The van der Waals surface area contributed by atoms with Crippen LogP contribution in [0.25, 0.3) is 0 Å². The van der Waals surface area contributed by atoms with Crippen LogP contribution in [0.15, 0.2) is 12.3 Å². The van der Waals surface area contributed by atoms with Crippen molar-refractivity contribution in [3.8, 4) is 0 Å². The first-order chi connectivity index (χ1) is 9.33. The molecule has 1 N–H and O–H groups in total. The van der Waals surface area contributed by atoms with Crippen molar-refractivity contribution in [1.29, 1.82) is 0 Å². The van der Waals surface area contributed by atoms with Gasteiger partial charge in [0.05, 0.1) is 0 Å². The van der Waals surface area contributed by atoms with E-state index < -0.39 is 0 Å². The predicted molar refractivity (Wildman–Crippen MR) is 75.7 cm³/mol. The van der Waals surface area contributed by atoms with E-state index in [1.165, 1.54) is 43.4 Å². The van der Waals surface area contributed by atoms with Crippen LogP contribution in [0.3, 0.4) is 0 Å². The number of hydrogen-bond acceptors (Lipinski definition) is 1. The second-order valence-electron chi connectivity index (χ2n) is 6.09. The van der Waals surface area contributed by atoms with Crippen molar-refractivity contribution in [1.82, 2.24) is 9.88 Å². The van der Waals surface area contributed by atoms with Crippen molar-refractivity contribution in [3.63, 3.8) is 0 Å². The maximum absolute atomic E-state index is 12.3. The zero-order chi connectivity index (χ0) is 13.1. The molecule has 2 aliphatic rings. The molecule has 1 aromatic heterocycles. The van der Waals surface area contributed by atoms with Gasteiger partial charge in [-0.1, -0.05) is 32.1 Å². The molecule has 0 unspecified atom stereocenters. The number of H-pyrrole nitrogens is 1. The van der Waals surface area contributed by atoms with E-state index in [0.29, 0.717) is 5.91 Å². The summed E-state index contributed by atoms with van der Waals surface area (Å²) in [5.41, 5.74) is 2.62. The van der Waals surface area contributed by atoms with E-state index in [0.717, 1.165) is 38.3 Å². The van der Waals surface area contributed by atoms with Crippen LogP contribution in [0.2, 0.25) is 0 Å². The molecule has 0 saturated heterocycles. The molecule has 1 aliphatic carbocycles. The van der Waals surface area contributed by atoms with Crippen LogP contribution in [-0.2, 0) is 17.8 Å². The highest BCUT2D eigenvalue weighted by molar-refractivity contribution is 5.76. The molecule has 0 radical (unpaired) electrons. The summed E-state index contributed by atoms with van der Waals surface area (Å²) in [5, 5.41) is 0. The highest BCUT2D eigenvalue weighted by Crippen LogP contribution is 2.28. The van der Waals surface area contributed by atoms with Crippen LogP contribution in [-0.4, -0.2) is 22.3 Å². The molecular weight excluding hydrogens is 236 g/mol. The van der Waals surface area contributed by atoms with E-state index in [1.54, 1.807) is 0 Å². The predicted octanol–water partition coefficient (Wildman–Crippen LogP) is 3.26. The lowest BCUT2D eigenvalue weighted by molar-refractivity contribution is -0.132. The lowest BCUT2D eigenvalue weighted by Crippen LogP contribution is -2.35. The SMILES string of the molecule is O=C(CCC1CCCCC1)N1CCc2[nH]ccc2C1. The molecular formula is C16H24N2O. The smallest absolute Gasteiger partial charge is 0.222 e. The summed E-state index contributed by atoms with van der Waals surface area (Å²) in [7, 11) is 0. The molecule has 3 rings (SSSR count). The van der Waals surface area contributed by atoms with Gasteiger partial charge < -0.3 is 9.88 Å². The highest BCUT2D eigenvalue weighted by Gasteiger charge is 2.22. The summed E-state index contributed by atoms with van der Waals surface area (Å²) in [4.78, 5) is 17.6. The van der Waals surface area contributed by atoms with Crippen molar-refractivity contribution in [2.45, 2.75) is 57.9 Å². The van der Waals surface area contributed by atoms with Gasteiger partial charge in [0, 0.05) is 37.8 Å². The van der Waals surface area contributed by atoms with Gasteiger partial charge >= 0.3 is 0 Å². The average Bonchev–Trinajstić information content (AvgIpc) is 2.93. The van der Waals surface area contributed by atoms with Gasteiger partial charge in [-0.2, -0.15) is 0 Å². The van der Waals surface area contributed by atoms with Gasteiger partial charge in [-0.3, -0.25) is 4.79 Å². The minimum Gasteiger partial charge on any atom is -0.365 e. The number of fused-ring (bicyclic) bond motifs is 1. The second-order valence-corrected chi connectivity index (χ2v) is 6.09. The first-order valence-corrected chi connectivity index (χ1v) is 7.76. The Morgan fingerprint density at radius 2 is 2.16 bits per heavy atom. The maximum Gasteiger partial charge on any atom is 0.222 e. The average molecular weight is 260 g/mol. The summed E-state index contributed by atoms with van der Waals surface area (Å²) in [6.07, 6.45) is 11.7. The van der Waals surface area contributed by atoms with Crippen LogP contribution < -0.4 is 0 Å². The standard InChI is InChI=1S/C16H24N2O/c19-16(7-6-13-4-2-1-3-5-13)18-11-9-15-14(12-18)8-10-17-15/h8,10,13,17H,1-7,9,11-12H2. The van der Waals surface area contributed by atoms with E-state index in [9.17, 15) is 4.79 Å². The summed E-state index contributed by atoms with van der Waals surface area (Å²) < 4.78 is 0. The van der Waals surface area contributed by atoms with Gasteiger partial charge in [0.25, 0.3) is 0 Å². The van der Waals surface area contributed by atoms with E-state index in [1.807, 2.05) is 11.1 Å². The Kier molecular flexibility index (Phi) is 3.90. The number of carbonyl (C=O) groups is 1. The van der Waals surface area contributed by atoms with E-state index >= 15 is 0 Å². The van der Waals surface area contributed by atoms with E-state index in [-0.39, 0.29) is 0 Å². The van der Waals surface area contributed by atoms with E-state index in [2.05, 4.69) is 11.1 Å². The third-order valence-corrected chi connectivity index (χ3v) is 4.77. The molecule has 3 nitrogen and oxygen atoms in total. The zero-order valence-electron chi connectivity index (χ0n) is 11.7. The molecule has 0 atom stereocenters. The highest BCUT2D eigenvalue weighted by atomic mass is 16.2. The van der Waals surface area contributed by atoms with Gasteiger partial charge in [0.15, 0.2) is 0 Å². The van der Waals surface area contributed by atoms with E-state index in [4.69, 9.17) is 0 Å². The normalized spacial score (nSPS) is 20.3. The molecule has 1 saturated carbocycles. The first-order valence-electron chi connectivity index (χ1n) is 7.76. The Balaban J connectivity index is 1.48. The number of nitrogens with one attached hydrogen (secondary N) is 1. The maximum atomic E-state index is 12.3. The summed E-state index contributed by atoms with van der Waals surface area (Å²) in [5.74, 6) is 1.17. The van der Waals surface area contributed by atoms with Crippen LogP contribution in [0.1, 0.15) is 56.2 Å². The van der Waals surface area contributed by atoms with Crippen LogP contribution >= 0.6 is 0 Å². The largest absolute Gasteiger partial charge is 0.365 e. The molecule has 1 aromatic rings. The Labute approximate surface area is 115 Å². The molecule has 1 amide bonds. The lowest BCUT2D eigenvalue weighted by Gasteiger charge is -2.28. The number of rotatable bonds is 3. The monoisotopic (exact) mass is 260 g/mol. The zero-order valence-corrected chi connectivity index (χ0v) is 11.7. The Morgan fingerprint density at radius 3 is 3.00 bits per heavy atom. The van der Waals surface area contributed by atoms with Crippen LogP contribution in [0, 0.1) is 5.92 Å². The molecule has 104 valence electrons. The molecule has 0 aromatic carbocycles. The lowest BCUT2D eigenvalue weighted by atomic mass is 9.86. The van der Waals surface area contributed by atoms with Crippen molar-refractivity contribution in [2.75, 3.05) is 6.54 Å². The molecule has 1 aliphatic heterocycles. The van der Waals surface area contributed by atoms with Crippen LogP contribution in [0.4, 0.5) is 0 Å². The quantitative estimate of drug-likeness (QED) is 0.889. The first kappa shape index (κ1) is 12.8. The van der Waals surface area contributed by atoms with Gasteiger partial charge in [-0.05, 0) is 24.0 Å². The molecule has 0 spiro atoms. The summed E-state index contributed by atoms with van der Waals surface area (Å²) >= 11 is 0. The topological polar surface area (TPSA) is 36.1 Å². The van der Waals surface area contributed by atoms with Gasteiger partial charge in [0.2, 0.25) is 5.91 Å². The summed E-state index contributed by atoms with van der Waals surface area (Å²) in [6.45, 7) is 1.69. The fourth-order valence-corrected chi connectivity index (χ4v) is 3.52. The van der Waals surface area contributed by atoms with Crippen molar-refractivity contribution >= 4 is 5.91 Å². The molecule has 1 fully saturated rings. The molecule has 3 heteroatoms. The third-order valence-electron chi connectivity index (χ3n) is 4.77. The number of aromatic nitrogens is 1. The Morgan fingerprint density at radius 1 is 1.32 bits per heavy atom. The summed E-state index contributed by atoms with van der Waals surface area (Å²) in [6, 6.07) is 2.11. The third kappa shape index (κ3) is 3.02. The number of amides is 1. The Hall–Kier alpha value is -1.25. The second kappa shape index (κ2) is 5.81. The number of nitrogens with zero attached hydrogens (tertiary/aromatic N) is 1. The van der Waals surface area contributed by atoms with Gasteiger partial charge in [-0.25, -0.2) is 0 Å². The number of carbonyl (C=O) groups excluding carboxylic acids is 1. The van der Waals surface area contributed by atoms with Crippen molar-refractivity contribution in [3.05, 3.63) is 23.5 Å². The van der Waals surface area contributed by atoms with Crippen molar-refractivity contribution < 1.29 is 4.79 Å². The van der Waals surface area contributed by atoms with Gasteiger partial charge in [-0.15, -0.1) is 0 Å². The number of aromatic amines is 1. The molecule has 0 bridgehead atoms. The number of hydrogen-bond donors (Lipinski definition) is 1.